The smallest absolute Gasteiger partial charge is 0.322 e. The number of hydrogen-bond acceptors (Lipinski definition) is 1. The molecule has 0 unspecified atom stereocenters. The molecule has 0 fully saturated rings. The van der Waals surface area contributed by atoms with E-state index in [4.69, 9.17) is 23.2 Å². The Kier molecular flexibility index (Phi) is 6.43. The topological polar surface area (TPSA) is 48.1 Å². The van der Waals surface area contributed by atoms with Crippen molar-refractivity contribution >= 4 is 34.9 Å². The maximum Gasteiger partial charge on any atom is 0.322 e. The number of aromatic nitrogens is 1. The molecule has 0 spiro atoms. The van der Waals surface area contributed by atoms with Gasteiger partial charge in [-0.2, -0.15) is 0 Å². The number of halogens is 2. The summed E-state index contributed by atoms with van der Waals surface area (Å²) in [5.41, 5.74) is 3.80. The number of rotatable bonds is 6. The van der Waals surface area contributed by atoms with Crippen molar-refractivity contribution in [1.82, 2.24) is 9.88 Å². The van der Waals surface area contributed by atoms with Gasteiger partial charge in [0, 0.05) is 34.2 Å². The van der Waals surface area contributed by atoms with Crippen LogP contribution in [0.25, 0.3) is 0 Å². The van der Waals surface area contributed by atoms with Gasteiger partial charge in [0.1, 0.15) is 0 Å². The standard InChI is InChI=1S/C21H21Cl2N3O/c1-15-4-2-5-18(12-15)25-21(27)26(14-19-6-3-10-24-19)11-9-16-7-8-17(22)13-20(16)23/h2-8,10,12-13,24H,9,11,14H2,1H3,(H,25,27). The highest BCUT2D eigenvalue weighted by Gasteiger charge is 2.16. The van der Waals surface area contributed by atoms with Crippen LogP contribution in [0.2, 0.25) is 10.0 Å². The zero-order chi connectivity index (χ0) is 19.2. The van der Waals surface area contributed by atoms with Gasteiger partial charge >= 0.3 is 6.03 Å². The molecular weight excluding hydrogens is 381 g/mol. The molecule has 0 saturated heterocycles. The number of hydrogen-bond donors (Lipinski definition) is 2. The fourth-order valence-electron chi connectivity index (χ4n) is 2.83. The zero-order valence-electron chi connectivity index (χ0n) is 15.0. The van der Waals surface area contributed by atoms with E-state index in [2.05, 4.69) is 10.3 Å². The second-order valence-electron chi connectivity index (χ2n) is 6.40. The van der Waals surface area contributed by atoms with Crippen LogP contribution in [-0.2, 0) is 13.0 Å². The Balaban J connectivity index is 1.72. The number of H-pyrrole nitrogens is 1. The number of benzene rings is 2. The van der Waals surface area contributed by atoms with Gasteiger partial charge in [-0.1, -0.05) is 41.4 Å². The van der Waals surface area contributed by atoms with Crippen molar-refractivity contribution in [1.29, 1.82) is 0 Å². The van der Waals surface area contributed by atoms with Crippen LogP contribution < -0.4 is 5.32 Å². The SMILES string of the molecule is Cc1cccc(NC(=O)N(CCc2ccc(Cl)cc2Cl)Cc2ccc[nH]2)c1. The van der Waals surface area contributed by atoms with Crippen molar-refractivity contribution in [3.63, 3.8) is 0 Å². The number of aryl methyl sites for hydroxylation is 1. The Hall–Kier alpha value is -2.43. The molecule has 1 aromatic heterocycles. The minimum Gasteiger partial charge on any atom is -0.364 e. The molecular formula is C21H21Cl2N3O. The van der Waals surface area contributed by atoms with Crippen LogP contribution in [-0.4, -0.2) is 22.5 Å². The van der Waals surface area contributed by atoms with Crippen LogP contribution in [0.5, 0.6) is 0 Å². The van der Waals surface area contributed by atoms with Crippen molar-refractivity contribution in [2.75, 3.05) is 11.9 Å². The van der Waals surface area contributed by atoms with Crippen LogP contribution in [0, 0.1) is 6.92 Å². The summed E-state index contributed by atoms with van der Waals surface area (Å²) in [4.78, 5) is 17.8. The highest BCUT2D eigenvalue weighted by molar-refractivity contribution is 6.35. The summed E-state index contributed by atoms with van der Waals surface area (Å²) in [5.74, 6) is 0. The van der Waals surface area contributed by atoms with Gasteiger partial charge in [-0.15, -0.1) is 0 Å². The van der Waals surface area contributed by atoms with E-state index in [1.165, 1.54) is 0 Å². The molecule has 2 amide bonds. The van der Waals surface area contributed by atoms with Crippen molar-refractivity contribution < 1.29 is 4.79 Å². The molecule has 3 rings (SSSR count). The minimum absolute atomic E-state index is 0.153. The lowest BCUT2D eigenvalue weighted by Crippen LogP contribution is -2.36. The van der Waals surface area contributed by atoms with Gasteiger partial charge in [-0.3, -0.25) is 0 Å². The minimum atomic E-state index is -0.153. The third kappa shape index (κ3) is 5.52. The first kappa shape index (κ1) is 19.3. The molecule has 2 N–H and O–H groups in total. The van der Waals surface area contributed by atoms with Gasteiger partial charge in [-0.05, 0) is 60.9 Å². The van der Waals surface area contributed by atoms with E-state index in [1.54, 1.807) is 11.0 Å². The van der Waals surface area contributed by atoms with E-state index in [0.29, 0.717) is 29.6 Å². The average molecular weight is 402 g/mol. The highest BCUT2D eigenvalue weighted by Crippen LogP contribution is 2.22. The monoisotopic (exact) mass is 401 g/mol. The Labute approximate surface area is 169 Å². The molecule has 2 aromatic carbocycles. The molecule has 4 nitrogen and oxygen atoms in total. The van der Waals surface area contributed by atoms with Gasteiger partial charge in [0.15, 0.2) is 0 Å². The first-order chi connectivity index (χ1) is 13.0. The molecule has 3 aromatic rings. The van der Waals surface area contributed by atoms with E-state index < -0.39 is 0 Å². The summed E-state index contributed by atoms with van der Waals surface area (Å²) in [6.45, 7) is 3.00. The molecule has 0 atom stereocenters. The summed E-state index contributed by atoms with van der Waals surface area (Å²) in [7, 11) is 0. The number of urea groups is 1. The Morgan fingerprint density at radius 1 is 1.11 bits per heavy atom. The largest absolute Gasteiger partial charge is 0.364 e. The summed E-state index contributed by atoms with van der Waals surface area (Å²) in [5, 5.41) is 4.19. The number of aromatic amines is 1. The van der Waals surface area contributed by atoms with E-state index in [0.717, 1.165) is 22.5 Å². The third-order valence-corrected chi connectivity index (χ3v) is 4.83. The van der Waals surface area contributed by atoms with Crippen molar-refractivity contribution in [3.05, 3.63) is 87.7 Å². The van der Waals surface area contributed by atoms with E-state index >= 15 is 0 Å². The Morgan fingerprint density at radius 3 is 2.67 bits per heavy atom. The lowest BCUT2D eigenvalue weighted by atomic mass is 10.1. The predicted octanol–water partition coefficient (Wildman–Crippen LogP) is 5.91. The molecule has 0 aliphatic rings. The van der Waals surface area contributed by atoms with Crippen LogP contribution in [0.15, 0.2) is 60.8 Å². The van der Waals surface area contributed by atoms with Crippen molar-refractivity contribution in [2.24, 2.45) is 0 Å². The van der Waals surface area contributed by atoms with Crippen LogP contribution >= 0.6 is 23.2 Å². The zero-order valence-corrected chi connectivity index (χ0v) is 16.5. The first-order valence-electron chi connectivity index (χ1n) is 8.70. The molecule has 6 heteroatoms. The van der Waals surface area contributed by atoms with Gasteiger partial charge in [0.05, 0.1) is 6.54 Å². The number of carbonyl (C=O) groups is 1. The molecule has 1 heterocycles. The molecule has 140 valence electrons. The second-order valence-corrected chi connectivity index (χ2v) is 7.25. The fourth-order valence-corrected chi connectivity index (χ4v) is 3.33. The summed E-state index contributed by atoms with van der Waals surface area (Å²) in [6.07, 6.45) is 2.49. The van der Waals surface area contributed by atoms with Crippen molar-refractivity contribution in [2.45, 2.75) is 19.9 Å². The Morgan fingerprint density at radius 2 is 1.96 bits per heavy atom. The summed E-state index contributed by atoms with van der Waals surface area (Å²) in [6, 6.07) is 16.9. The number of carbonyl (C=O) groups excluding carboxylic acids is 1. The van der Waals surface area contributed by atoms with Gasteiger partial charge in [0.25, 0.3) is 0 Å². The lowest BCUT2D eigenvalue weighted by molar-refractivity contribution is 0.209. The summed E-state index contributed by atoms with van der Waals surface area (Å²) < 4.78 is 0. The first-order valence-corrected chi connectivity index (χ1v) is 9.45. The van der Waals surface area contributed by atoms with Crippen molar-refractivity contribution in [3.8, 4) is 0 Å². The molecule has 0 saturated carbocycles. The van der Waals surface area contributed by atoms with Crippen LogP contribution in [0.3, 0.4) is 0 Å². The Bertz CT molecular complexity index is 910. The molecule has 0 aliphatic carbocycles. The maximum atomic E-state index is 12.9. The molecule has 0 bridgehead atoms. The third-order valence-electron chi connectivity index (χ3n) is 4.25. The number of nitrogens with zero attached hydrogens (tertiary/aromatic N) is 1. The predicted molar refractivity (Wildman–Crippen MR) is 112 cm³/mol. The molecule has 0 radical (unpaired) electrons. The van der Waals surface area contributed by atoms with E-state index in [1.807, 2.05) is 61.7 Å². The fraction of sp³-hybridized carbons (Fsp3) is 0.190. The number of amides is 2. The number of anilines is 1. The highest BCUT2D eigenvalue weighted by atomic mass is 35.5. The van der Waals surface area contributed by atoms with E-state index in [-0.39, 0.29) is 6.03 Å². The summed E-state index contributed by atoms with van der Waals surface area (Å²) >= 11 is 12.2. The van der Waals surface area contributed by atoms with Crippen LogP contribution in [0.1, 0.15) is 16.8 Å². The van der Waals surface area contributed by atoms with E-state index in [9.17, 15) is 4.79 Å². The normalized spacial score (nSPS) is 10.6. The van der Waals surface area contributed by atoms with Gasteiger partial charge < -0.3 is 15.2 Å². The quantitative estimate of drug-likeness (QED) is 0.529. The molecule has 27 heavy (non-hydrogen) atoms. The van der Waals surface area contributed by atoms with Gasteiger partial charge in [-0.25, -0.2) is 4.79 Å². The van der Waals surface area contributed by atoms with Gasteiger partial charge in [0.2, 0.25) is 0 Å². The lowest BCUT2D eigenvalue weighted by Gasteiger charge is -2.23. The van der Waals surface area contributed by atoms with Crippen LogP contribution in [0.4, 0.5) is 10.5 Å². The number of nitrogens with one attached hydrogen (secondary N) is 2. The second kappa shape index (κ2) is 8.98. The maximum absolute atomic E-state index is 12.9. The average Bonchev–Trinajstić information content (AvgIpc) is 3.13. The molecule has 0 aliphatic heterocycles.